The molecular formula is C16H32O2. The first-order valence-electron chi connectivity index (χ1n) is 8.79. The molecule has 0 heterocycles. The predicted molar refractivity (Wildman–Crippen MR) is 77.9 cm³/mol. The molecule has 0 bridgehead atoms. The Labute approximate surface area is 116 Å². The van der Waals surface area contributed by atoms with Gasteiger partial charge in [0, 0.05) is 9.16 Å². The van der Waals surface area contributed by atoms with E-state index >= 15 is 0 Å². The summed E-state index contributed by atoms with van der Waals surface area (Å²) in [6, 6.07) is 0. The second-order valence-electron chi connectivity index (χ2n) is 5.02. The van der Waals surface area contributed by atoms with Crippen molar-refractivity contribution in [3.8, 4) is 0 Å². The van der Waals surface area contributed by atoms with Crippen molar-refractivity contribution in [2.45, 2.75) is 96.8 Å². The summed E-state index contributed by atoms with van der Waals surface area (Å²) in [4.78, 5) is 10.3. The molecule has 0 aliphatic rings. The molecular weight excluding hydrogens is 224 g/mol. The van der Waals surface area contributed by atoms with Crippen molar-refractivity contribution in [2.24, 2.45) is 0 Å². The van der Waals surface area contributed by atoms with E-state index < -0.39 is 5.97 Å². The monoisotopic (exact) mass is 260 g/mol. The summed E-state index contributed by atoms with van der Waals surface area (Å²) in [7, 11) is 0. The van der Waals surface area contributed by atoms with E-state index in [9.17, 15) is 4.79 Å². The molecule has 0 fully saturated rings. The topological polar surface area (TPSA) is 37.3 Å². The molecule has 0 aromatic carbocycles. The predicted octanol–water partition coefficient (Wildman–Crippen LogP) is 5.55. The molecule has 0 saturated heterocycles. The van der Waals surface area contributed by atoms with Gasteiger partial charge in [-0.1, -0.05) is 83.9 Å². The van der Waals surface area contributed by atoms with Crippen LogP contribution in [0.3, 0.4) is 0 Å². The molecule has 2 unspecified atom stereocenters. The molecule has 0 aromatic heterocycles. The molecule has 18 heavy (non-hydrogen) atoms. The Morgan fingerprint density at radius 1 is 0.833 bits per heavy atom. The zero-order valence-electron chi connectivity index (χ0n) is 14.0. The van der Waals surface area contributed by atoms with Gasteiger partial charge in [-0.3, -0.25) is 4.79 Å². The summed E-state index contributed by atoms with van der Waals surface area (Å²) >= 11 is 0. The Balaban J connectivity index is 3.38. The smallest absolute Gasteiger partial charge is 0.303 e. The molecule has 2 nitrogen and oxygen atoms in total. The first-order chi connectivity index (χ1) is 9.57. The second-order valence-corrected chi connectivity index (χ2v) is 5.02. The van der Waals surface area contributed by atoms with Gasteiger partial charge in [-0.2, -0.15) is 0 Å². The Hall–Kier alpha value is -0.530. The fourth-order valence-electron chi connectivity index (χ4n) is 1.99. The number of carbonyl (C=O) groups is 1. The number of rotatable bonds is 14. The summed E-state index contributed by atoms with van der Waals surface area (Å²) in [6.07, 6.45) is 11.1. The third-order valence-electron chi connectivity index (χ3n) is 3.15. The number of carboxylic acid groups (broad SMARTS) is 1. The van der Waals surface area contributed by atoms with E-state index in [1.165, 1.54) is 19.3 Å². The van der Waals surface area contributed by atoms with Crippen molar-refractivity contribution < 1.29 is 12.6 Å². The second kappa shape index (κ2) is 14.5. The first-order valence-corrected chi connectivity index (χ1v) is 7.64. The van der Waals surface area contributed by atoms with E-state index in [-0.39, 0.29) is 19.2 Å². The molecule has 0 aliphatic heterocycles. The van der Waals surface area contributed by atoms with Gasteiger partial charge < -0.3 is 5.11 Å². The van der Waals surface area contributed by atoms with Crippen molar-refractivity contribution in [3.63, 3.8) is 0 Å². The van der Waals surface area contributed by atoms with E-state index in [1.54, 1.807) is 0 Å². The summed E-state index contributed by atoms with van der Waals surface area (Å²) in [5.41, 5.74) is 0. The molecule has 0 radical (unpaired) electrons. The van der Waals surface area contributed by atoms with Crippen LogP contribution in [0.5, 0.6) is 0 Å². The van der Waals surface area contributed by atoms with Crippen LogP contribution in [0.1, 0.15) is 99.5 Å². The third-order valence-corrected chi connectivity index (χ3v) is 3.15. The van der Waals surface area contributed by atoms with Crippen LogP contribution >= 0.6 is 0 Å². The van der Waals surface area contributed by atoms with Crippen molar-refractivity contribution in [1.82, 2.24) is 0 Å². The van der Waals surface area contributed by atoms with Crippen LogP contribution in [0.4, 0.5) is 0 Å². The Morgan fingerprint density at radius 3 is 1.78 bits per heavy atom. The minimum atomic E-state index is -0.712. The Morgan fingerprint density at radius 2 is 1.28 bits per heavy atom. The zero-order valence-corrected chi connectivity index (χ0v) is 12.0. The highest BCUT2D eigenvalue weighted by Gasteiger charge is 1.96. The maximum atomic E-state index is 10.3. The lowest BCUT2D eigenvalue weighted by Crippen LogP contribution is -1.93. The van der Waals surface area contributed by atoms with E-state index in [0.717, 1.165) is 51.4 Å². The van der Waals surface area contributed by atoms with Gasteiger partial charge in [0.15, 0.2) is 0 Å². The van der Waals surface area contributed by atoms with Crippen molar-refractivity contribution in [1.29, 1.82) is 0 Å². The average Bonchev–Trinajstić information content (AvgIpc) is 2.41. The maximum absolute atomic E-state index is 10.3. The molecule has 108 valence electrons. The average molecular weight is 260 g/mol. The van der Waals surface area contributed by atoms with Gasteiger partial charge in [0.1, 0.15) is 0 Å². The van der Waals surface area contributed by atoms with Crippen LogP contribution in [0, 0.1) is 0 Å². The molecule has 0 amide bonds. The van der Waals surface area contributed by atoms with Crippen LogP contribution in [0.15, 0.2) is 0 Å². The van der Waals surface area contributed by atoms with Gasteiger partial charge in [-0.15, -0.1) is 0 Å². The van der Waals surface area contributed by atoms with Gasteiger partial charge in [-0.05, 0) is 6.42 Å². The van der Waals surface area contributed by atoms with E-state index in [0.29, 0.717) is 0 Å². The number of unbranched alkanes of at least 4 members (excludes halogenated alkanes) is 7. The summed E-state index contributed by atoms with van der Waals surface area (Å²) < 4.78 is 15.9. The zero-order chi connectivity index (χ0) is 15.2. The number of aliphatic carboxylic acids is 1. The van der Waals surface area contributed by atoms with Gasteiger partial charge in [0.05, 0.1) is 0 Å². The molecule has 1 N–H and O–H groups in total. The quantitative estimate of drug-likeness (QED) is 0.416. The lowest BCUT2D eigenvalue weighted by atomic mass is 10.0. The highest BCUT2D eigenvalue weighted by Crippen LogP contribution is 2.12. The first kappa shape index (κ1) is 13.9. The standard InChI is InChI=1S/C16H32O2/c1-2-3-4-5-6-7-8-9-10-11-12-13-14-15-16(17)18/h2-15H2,1H3,(H,17,18)/i7T,8T. The minimum Gasteiger partial charge on any atom is -0.481 e. The molecule has 2 atom stereocenters. The van der Waals surface area contributed by atoms with Crippen LogP contribution in [-0.4, -0.2) is 11.1 Å². The van der Waals surface area contributed by atoms with Crippen molar-refractivity contribution in [2.75, 3.05) is 0 Å². The number of hydrogen-bond acceptors (Lipinski definition) is 1. The highest BCUT2D eigenvalue weighted by molar-refractivity contribution is 5.66. The third kappa shape index (κ3) is 15.5. The maximum Gasteiger partial charge on any atom is 0.303 e. The van der Waals surface area contributed by atoms with Crippen molar-refractivity contribution >= 4 is 5.97 Å². The number of hydrogen-bond donors (Lipinski definition) is 1. The summed E-state index contributed by atoms with van der Waals surface area (Å²) in [6.45, 7) is 2.18. The van der Waals surface area contributed by atoms with Crippen molar-refractivity contribution in [3.05, 3.63) is 0 Å². The minimum absolute atomic E-state index is 0.223. The number of carboxylic acids is 1. The highest BCUT2D eigenvalue weighted by atomic mass is 16.4. The van der Waals surface area contributed by atoms with Crippen LogP contribution < -0.4 is 0 Å². The molecule has 0 aromatic rings. The lowest BCUT2D eigenvalue weighted by Gasteiger charge is -2.02. The SMILES string of the molecule is [3H]C(CCCCCC)C([3H])CCCCCCCC(=O)O. The van der Waals surface area contributed by atoms with Crippen LogP contribution in [0.25, 0.3) is 0 Å². The summed E-state index contributed by atoms with van der Waals surface area (Å²) in [5.74, 6) is -0.712. The van der Waals surface area contributed by atoms with Gasteiger partial charge in [-0.25, -0.2) is 0 Å². The van der Waals surface area contributed by atoms with Crippen LogP contribution in [0.2, 0.25) is 0 Å². The van der Waals surface area contributed by atoms with Gasteiger partial charge in [0.2, 0.25) is 0 Å². The molecule has 0 saturated carbocycles. The fraction of sp³-hybridized carbons (Fsp3) is 0.938. The summed E-state index contributed by atoms with van der Waals surface area (Å²) in [5, 5.41) is 8.51. The molecule has 0 rings (SSSR count). The van der Waals surface area contributed by atoms with E-state index in [4.69, 9.17) is 7.85 Å². The van der Waals surface area contributed by atoms with E-state index in [1.807, 2.05) is 0 Å². The molecule has 0 aliphatic carbocycles. The molecule has 2 heteroatoms. The molecule has 0 spiro atoms. The normalized spacial score (nSPS) is 15.8. The van der Waals surface area contributed by atoms with Gasteiger partial charge >= 0.3 is 5.97 Å². The lowest BCUT2D eigenvalue weighted by molar-refractivity contribution is -0.137. The van der Waals surface area contributed by atoms with Crippen LogP contribution in [-0.2, 0) is 4.79 Å². The largest absolute Gasteiger partial charge is 0.481 e. The Bertz CT molecular complexity index is 235. The Kier molecular flexibility index (Phi) is 11.2. The fourth-order valence-corrected chi connectivity index (χ4v) is 1.99. The van der Waals surface area contributed by atoms with Gasteiger partial charge in [0.25, 0.3) is 0 Å². The van der Waals surface area contributed by atoms with E-state index in [2.05, 4.69) is 6.92 Å².